The monoisotopic (exact) mass is 416 g/mol. The number of carbonyl (C=O) groups excluding carboxylic acids is 2. The average molecular weight is 417 g/mol. The molecule has 0 bridgehead atoms. The van der Waals surface area contributed by atoms with Crippen LogP contribution in [0, 0.1) is 6.92 Å². The molecular weight excluding hydrogens is 384 g/mol. The van der Waals surface area contributed by atoms with Gasteiger partial charge in [0.15, 0.2) is 0 Å². The Morgan fingerprint density at radius 1 is 1.23 bits per heavy atom. The maximum Gasteiger partial charge on any atom is 0.408 e. The number of rotatable bonds is 5. The van der Waals surface area contributed by atoms with E-state index in [0.717, 1.165) is 49.4 Å². The zero-order valence-electron chi connectivity index (χ0n) is 18.5. The molecule has 0 saturated heterocycles. The van der Waals surface area contributed by atoms with Crippen LogP contribution in [0.25, 0.3) is 0 Å². The minimum absolute atomic E-state index is 0.0509. The average Bonchev–Trinajstić information content (AvgIpc) is 3.27. The molecule has 2 fully saturated rings. The largest absolute Gasteiger partial charge is 0.492 e. The first-order chi connectivity index (χ1) is 14.1. The normalized spacial score (nSPS) is 24.2. The van der Waals surface area contributed by atoms with Crippen molar-refractivity contribution in [3.05, 3.63) is 23.3 Å². The molecular formula is C23H32N2O5. The summed E-state index contributed by atoms with van der Waals surface area (Å²) >= 11 is 0. The molecule has 30 heavy (non-hydrogen) atoms. The van der Waals surface area contributed by atoms with Crippen molar-refractivity contribution in [3.8, 4) is 11.5 Å². The van der Waals surface area contributed by atoms with E-state index in [1.807, 2.05) is 0 Å². The molecule has 7 nitrogen and oxygen atoms in total. The van der Waals surface area contributed by atoms with Crippen molar-refractivity contribution < 1.29 is 23.8 Å². The topological polar surface area (TPSA) is 85.9 Å². The molecule has 2 aliphatic carbocycles. The van der Waals surface area contributed by atoms with Crippen molar-refractivity contribution in [3.63, 3.8) is 0 Å². The van der Waals surface area contributed by atoms with E-state index in [9.17, 15) is 9.59 Å². The molecule has 1 aromatic rings. The van der Waals surface area contributed by atoms with Crippen molar-refractivity contribution in [1.82, 2.24) is 10.6 Å². The van der Waals surface area contributed by atoms with Gasteiger partial charge in [-0.3, -0.25) is 4.79 Å². The summed E-state index contributed by atoms with van der Waals surface area (Å²) in [6.45, 7) is 9.84. The highest BCUT2D eigenvalue weighted by molar-refractivity contribution is 5.85. The molecule has 0 radical (unpaired) electrons. The minimum atomic E-state index is -0.660. The first-order valence-electron chi connectivity index (χ1n) is 10.8. The molecule has 2 N–H and O–H groups in total. The van der Waals surface area contributed by atoms with Crippen LogP contribution in [0.5, 0.6) is 11.5 Å². The van der Waals surface area contributed by atoms with Gasteiger partial charge in [0, 0.05) is 29.9 Å². The summed E-state index contributed by atoms with van der Waals surface area (Å²) in [7, 11) is 0. The summed E-state index contributed by atoms with van der Waals surface area (Å²) in [4.78, 5) is 24.2. The Bertz CT molecular complexity index is 850. The van der Waals surface area contributed by atoms with Gasteiger partial charge in [-0.2, -0.15) is 0 Å². The summed E-state index contributed by atoms with van der Waals surface area (Å²) in [5.41, 5.74) is 1.96. The van der Waals surface area contributed by atoms with Crippen LogP contribution in [0.1, 0.15) is 64.5 Å². The Balaban J connectivity index is 1.26. The van der Waals surface area contributed by atoms with Gasteiger partial charge in [0.25, 0.3) is 0 Å². The van der Waals surface area contributed by atoms with E-state index < -0.39 is 17.7 Å². The molecule has 1 aliphatic heterocycles. The summed E-state index contributed by atoms with van der Waals surface area (Å²) in [6.07, 6.45) is 3.30. The molecule has 1 unspecified atom stereocenters. The Labute approximate surface area is 177 Å². The van der Waals surface area contributed by atoms with E-state index >= 15 is 0 Å². The fourth-order valence-corrected chi connectivity index (χ4v) is 4.12. The van der Waals surface area contributed by atoms with Crippen molar-refractivity contribution >= 4 is 12.0 Å². The van der Waals surface area contributed by atoms with E-state index in [4.69, 9.17) is 14.2 Å². The summed E-state index contributed by atoms with van der Waals surface area (Å²) < 4.78 is 17.4. The number of fused-ring (bicyclic) bond motifs is 2. The van der Waals surface area contributed by atoms with E-state index in [-0.39, 0.29) is 23.5 Å². The van der Waals surface area contributed by atoms with Crippen molar-refractivity contribution in [2.45, 2.75) is 89.5 Å². The van der Waals surface area contributed by atoms with Crippen LogP contribution in [0.4, 0.5) is 4.79 Å². The highest BCUT2D eigenvalue weighted by atomic mass is 16.6. The standard InChI is InChI=1S/C23H32N2O5/c1-13-6-7-17(18-19(13)28-12-23(18)8-9-23)29-16-10-15(11-16)25-20(26)14(2)24-21(27)30-22(3,4)5/h6-7,14-16H,8-12H2,1-5H3,(H,24,27)(H,25,26). The zero-order chi connectivity index (χ0) is 21.7. The van der Waals surface area contributed by atoms with Crippen LogP contribution in [0.2, 0.25) is 0 Å². The predicted octanol–water partition coefficient (Wildman–Crippen LogP) is 3.36. The Kier molecular flexibility index (Phi) is 5.11. The van der Waals surface area contributed by atoms with Gasteiger partial charge in [-0.15, -0.1) is 0 Å². The highest BCUT2D eigenvalue weighted by Crippen LogP contribution is 2.59. The van der Waals surface area contributed by atoms with Crippen LogP contribution >= 0.6 is 0 Å². The second-order valence-electron chi connectivity index (χ2n) is 9.94. The number of hydrogen-bond acceptors (Lipinski definition) is 5. The van der Waals surface area contributed by atoms with Gasteiger partial charge in [0.1, 0.15) is 29.2 Å². The van der Waals surface area contributed by atoms with Crippen LogP contribution in [-0.2, 0) is 14.9 Å². The molecule has 2 amide bonds. The molecule has 1 aromatic carbocycles. The lowest BCUT2D eigenvalue weighted by atomic mass is 9.88. The summed E-state index contributed by atoms with van der Waals surface area (Å²) in [5, 5.41) is 5.55. The summed E-state index contributed by atoms with van der Waals surface area (Å²) in [5.74, 6) is 1.71. The molecule has 1 spiro atoms. The van der Waals surface area contributed by atoms with E-state index in [1.54, 1.807) is 27.7 Å². The molecule has 3 aliphatic rings. The van der Waals surface area contributed by atoms with Crippen molar-refractivity contribution in [2.24, 2.45) is 0 Å². The first kappa shape index (κ1) is 20.8. The third-order valence-corrected chi connectivity index (χ3v) is 6.05. The maximum atomic E-state index is 12.4. The maximum absolute atomic E-state index is 12.4. The lowest BCUT2D eigenvalue weighted by molar-refractivity contribution is -0.124. The summed E-state index contributed by atoms with van der Waals surface area (Å²) in [6, 6.07) is 3.50. The molecule has 1 atom stereocenters. The fraction of sp³-hybridized carbons (Fsp3) is 0.652. The zero-order valence-corrected chi connectivity index (χ0v) is 18.5. The molecule has 0 aromatic heterocycles. The van der Waals surface area contributed by atoms with Crippen molar-refractivity contribution in [2.75, 3.05) is 6.61 Å². The Hall–Kier alpha value is -2.44. The van der Waals surface area contributed by atoms with Gasteiger partial charge in [0.2, 0.25) is 5.91 Å². The first-order valence-corrected chi connectivity index (χ1v) is 10.8. The van der Waals surface area contributed by atoms with Crippen molar-refractivity contribution in [1.29, 1.82) is 0 Å². The number of aryl methyl sites for hydroxylation is 1. The molecule has 1 heterocycles. The quantitative estimate of drug-likeness (QED) is 0.769. The van der Waals surface area contributed by atoms with Gasteiger partial charge in [-0.1, -0.05) is 6.07 Å². The number of carbonyl (C=O) groups is 2. The lowest BCUT2D eigenvalue weighted by Crippen LogP contribution is -2.54. The van der Waals surface area contributed by atoms with E-state index in [2.05, 4.69) is 29.7 Å². The molecule has 164 valence electrons. The second kappa shape index (κ2) is 7.36. The van der Waals surface area contributed by atoms with Gasteiger partial charge < -0.3 is 24.8 Å². The number of benzene rings is 1. The predicted molar refractivity (Wildman–Crippen MR) is 112 cm³/mol. The van der Waals surface area contributed by atoms with Gasteiger partial charge >= 0.3 is 6.09 Å². The van der Waals surface area contributed by atoms with E-state index in [1.165, 1.54) is 5.56 Å². The third-order valence-electron chi connectivity index (χ3n) is 6.05. The van der Waals surface area contributed by atoms with Crippen LogP contribution in [0.15, 0.2) is 12.1 Å². The smallest absolute Gasteiger partial charge is 0.408 e. The van der Waals surface area contributed by atoms with Gasteiger partial charge in [-0.05, 0) is 59.1 Å². The van der Waals surface area contributed by atoms with Gasteiger partial charge in [0.05, 0.1) is 6.61 Å². The minimum Gasteiger partial charge on any atom is -0.492 e. The van der Waals surface area contributed by atoms with E-state index in [0.29, 0.717) is 0 Å². The number of ether oxygens (including phenoxy) is 3. The SMILES string of the molecule is Cc1ccc(OC2CC(NC(=O)C(C)NC(=O)OC(C)(C)C)C2)c2c1OCC21CC1. The second-order valence-corrected chi connectivity index (χ2v) is 9.94. The van der Waals surface area contributed by atoms with Gasteiger partial charge in [-0.25, -0.2) is 4.79 Å². The highest BCUT2D eigenvalue weighted by Gasteiger charge is 2.53. The Morgan fingerprint density at radius 3 is 2.57 bits per heavy atom. The molecule has 7 heteroatoms. The fourth-order valence-electron chi connectivity index (χ4n) is 4.12. The van der Waals surface area contributed by atoms with Crippen LogP contribution < -0.4 is 20.1 Å². The molecule has 4 rings (SSSR count). The van der Waals surface area contributed by atoms with Crippen LogP contribution in [0.3, 0.4) is 0 Å². The number of amides is 2. The number of hydrogen-bond donors (Lipinski definition) is 2. The third kappa shape index (κ3) is 4.20. The lowest BCUT2D eigenvalue weighted by Gasteiger charge is -2.37. The van der Waals surface area contributed by atoms with Crippen LogP contribution in [-0.4, -0.2) is 42.4 Å². The Morgan fingerprint density at radius 2 is 1.93 bits per heavy atom. The molecule has 2 saturated carbocycles. The number of nitrogens with one attached hydrogen (secondary N) is 2. The number of alkyl carbamates (subject to hydrolysis) is 1.